The summed E-state index contributed by atoms with van der Waals surface area (Å²) in [6.07, 6.45) is 0.338. The van der Waals surface area contributed by atoms with Gasteiger partial charge in [-0.05, 0) is 55.8 Å². The van der Waals surface area contributed by atoms with Crippen molar-refractivity contribution in [2.45, 2.75) is 19.9 Å². The Hall–Kier alpha value is -3.50. The minimum atomic E-state index is -0.394. The first kappa shape index (κ1) is 24.2. The number of benzene rings is 2. The number of nitrogens with one attached hydrogen (secondary N) is 1. The highest BCUT2D eigenvalue weighted by Crippen LogP contribution is 2.36. The predicted octanol–water partition coefficient (Wildman–Crippen LogP) is 4.15. The van der Waals surface area contributed by atoms with Crippen LogP contribution in [-0.2, 0) is 16.0 Å². The summed E-state index contributed by atoms with van der Waals surface area (Å²) in [5, 5.41) is 4.90. The van der Waals surface area contributed by atoms with Crippen LogP contribution in [0.25, 0.3) is 11.3 Å². The molecule has 1 saturated heterocycles. The Kier molecular flexibility index (Phi) is 7.73. The first-order chi connectivity index (χ1) is 17.7. The number of hydrogen-bond acceptors (Lipinski definition) is 8. The van der Waals surface area contributed by atoms with Gasteiger partial charge in [-0.25, -0.2) is 9.79 Å². The molecule has 0 bridgehead atoms. The Morgan fingerprint density at radius 3 is 2.72 bits per heavy atom. The molecule has 0 unspecified atom stereocenters. The number of nitrogens with zero attached hydrogens (tertiary/aromatic N) is 3. The highest BCUT2D eigenvalue weighted by Gasteiger charge is 2.16. The van der Waals surface area contributed by atoms with Crippen molar-refractivity contribution in [3.8, 4) is 22.8 Å². The molecular weight excluding hydrogens is 480 g/mol. The average molecular weight is 511 g/mol. The Balaban J connectivity index is 1.40. The van der Waals surface area contributed by atoms with Crippen LogP contribution in [0.4, 0.5) is 16.2 Å². The van der Waals surface area contributed by atoms with Crippen molar-refractivity contribution in [2.75, 3.05) is 51.1 Å². The molecule has 1 N–H and O–H groups in total. The van der Waals surface area contributed by atoms with Gasteiger partial charge in [-0.1, -0.05) is 0 Å². The lowest BCUT2D eigenvalue weighted by molar-refractivity contribution is 0.122. The summed E-state index contributed by atoms with van der Waals surface area (Å²) in [7, 11) is 0. The average Bonchev–Trinajstić information content (AvgIpc) is 3.54. The summed E-state index contributed by atoms with van der Waals surface area (Å²) in [4.78, 5) is 19.8. The first-order valence-electron chi connectivity index (χ1n) is 12.2. The molecule has 3 aromatic rings. The number of fused-ring (bicyclic) bond motifs is 1. The monoisotopic (exact) mass is 510 g/mol. The summed E-state index contributed by atoms with van der Waals surface area (Å²) < 4.78 is 23.7. The highest BCUT2D eigenvalue weighted by molar-refractivity contribution is 7.07. The maximum atomic E-state index is 11.7. The van der Waals surface area contributed by atoms with Crippen LogP contribution >= 0.6 is 11.3 Å². The van der Waals surface area contributed by atoms with Gasteiger partial charge in [0.05, 0.1) is 31.2 Å². The van der Waals surface area contributed by atoms with Gasteiger partial charge >= 0.3 is 6.09 Å². The normalized spacial score (nSPS) is 15.2. The second-order valence-electron chi connectivity index (χ2n) is 8.35. The molecule has 9 nitrogen and oxygen atoms in total. The maximum absolute atomic E-state index is 11.7. The number of hydrogen-bond donors (Lipinski definition) is 1. The Morgan fingerprint density at radius 1 is 1.11 bits per heavy atom. The van der Waals surface area contributed by atoms with E-state index in [4.69, 9.17) is 23.9 Å². The second-order valence-corrected chi connectivity index (χ2v) is 9.19. The molecule has 0 atom stereocenters. The van der Waals surface area contributed by atoms with E-state index in [1.807, 2.05) is 18.2 Å². The molecule has 10 heteroatoms. The van der Waals surface area contributed by atoms with Gasteiger partial charge < -0.3 is 33.7 Å². The molecule has 0 spiro atoms. The van der Waals surface area contributed by atoms with Crippen molar-refractivity contribution >= 4 is 28.8 Å². The van der Waals surface area contributed by atoms with Crippen molar-refractivity contribution in [1.29, 1.82) is 0 Å². The number of amides is 1. The maximum Gasteiger partial charge on any atom is 0.407 e. The van der Waals surface area contributed by atoms with Crippen molar-refractivity contribution in [3.63, 3.8) is 0 Å². The van der Waals surface area contributed by atoms with Crippen LogP contribution in [-0.4, -0.2) is 56.9 Å². The summed E-state index contributed by atoms with van der Waals surface area (Å²) >= 11 is 1.59. The molecule has 0 radical (unpaired) electrons. The van der Waals surface area contributed by atoms with Crippen molar-refractivity contribution in [2.24, 2.45) is 4.99 Å². The molecule has 190 valence electrons. The van der Waals surface area contributed by atoms with E-state index in [1.54, 1.807) is 18.3 Å². The lowest BCUT2D eigenvalue weighted by Gasteiger charge is -2.28. The molecule has 3 heterocycles. The second kappa shape index (κ2) is 11.5. The van der Waals surface area contributed by atoms with Gasteiger partial charge in [0.1, 0.15) is 0 Å². The Bertz CT molecular complexity index is 1250. The number of ether oxygens (including phenoxy) is 4. The van der Waals surface area contributed by atoms with Crippen LogP contribution in [0, 0.1) is 0 Å². The molecule has 5 rings (SSSR count). The SMILES string of the molecule is CCOC(=O)NCCCn1c(-c2ccc3c(c2)OCO3)csc1=Nc1ccc(N2CCOCC2)cc1. The number of morpholine rings is 1. The molecule has 0 saturated carbocycles. The number of carbonyl (C=O) groups is 1. The van der Waals surface area contributed by atoms with Crippen LogP contribution in [0.15, 0.2) is 52.8 Å². The van der Waals surface area contributed by atoms with E-state index in [0.717, 1.165) is 66.0 Å². The summed E-state index contributed by atoms with van der Waals surface area (Å²) in [6, 6.07) is 14.3. The minimum absolute atomic E-state index is 0.239. The Labute approximate surface area is 213 Å². The van der Waals surface area contributed by atoms with Gasteiger partial charge in [0.25, 0.3) is 0 Å². The van der Waals surface area contributed by atoms with E-state index in [2.05, 4.69) is 44.4 Å². The largest absolute Gasteiger partial charge is 0.454 e. The van der Waals surface area contributed by atoms with E-state index in [9.17, 15) is 4.79 Å². The van der Waals surface area contributed by atoms with E-state index < -0.39 is 6.09 Å². The number of anilines is 1. The zero-order valence-electron chi connectivity index (χ0n) is 20.3. The third-order valence-corrected chi connectivity index (χ3v) is 6.88. The molecule has 0 aliphatic carbocycles. The molecule has 36 heavy (non-hydrogen) atoms. The van der Waals surface area contributed by atoms with Gasteiger partial charge in [-0.15, -0.1) is 11.3 Å². The fourth-order valence-corrected chi connectivity index (χ4v) is 5.16. The standard InChI is InChI=1S/C26H30N4O5S/c1-2-33-26(31)27-10-3-11-30-22(19-4-9-23-24(16-19)35-18-34-23)17-36-25(30)28-20-5-7-21(8-6-20)29-12-14-32-15-13-29/h4-9,16-17H,2-3,10-15,18H2,1H3,(H,27,31). The Morgan fingerprint density at radius 2 is 1.92 bits per heavy atom. The quantitative estimate of drug-likeness (QED) is 0.458. The molecular formula is C26H30N4O5S. The van der Waals surface area contributed by atoms with Crippen molar-refractivity contribution < 1.29 is 23.7 Å². The smallest absolute Gasteiger partial charge is 0.407 e. The van der Waals surface area contributed by atoms with E-state index in [1.165, 1.54) is 5.69 Å². The number of alkyl carbamates (subject to hydrolysis) is 1. The molecule has 1 amide bonds. The van der Waals surface area contributed by atoms with Crippen LogP contribution in [0.5, 0.6) is 11.5 Å². The van der Waals surface area contributed by atoms with Crippen LogP contribution in [0.1, 0.15) is 13.3 Å². The highest BCUT2D eigenvalue weighted by atomic mass is 32.1. The van der Waals surface area contributed by atoms with Crippen LogP contribution in [0.3, 0.4) is 0 Å². The predicted molar refractivity (Wildman–Crippen MR) is 138 cm³/mol. The molecule has 2 aliphatic rings. The van der Waals surface area contributed by atoms with Gasteiger partial charge in [0.2, 0.25) is 6.79 Å². The lowest BCUT2D eigenvalue weighted by Crippen LogP contribution is -2.36. The molecule has 1 fully saturated rings. The van der Waals surface area contributed by atoms with E-state index in [-0.39, 0.29) is 6.79 Å². The van der Waals surface area contributed by atoms with Crippen molar-refractivity contribution in [1.82, 2.24) is 9.88 Å². The minimum Gasteiger partial charge on any atom is -0.454 e. The van der Waals surface area contributed by atoms with E-state index >= 15 is 0 Å². The zero-order valence-corrected chi connectivity index (χ0v) is 21.1. The molecule has 2 aliphatic heterocycles. The number of thiazole rings is 1. The van der Waals surface area contributed by atoms with Crippen LogP contribution in [0.2, 0.25) is 0 Å². The van der Waals surface area contributed by atoms with Gasteiger partial charge in [0.15, 0.2) is 16.3 Å². The summed E-state index contributed by atoms with van der Waals surface area (Å²) in [6.45, 7) is 6.90. The third-order valence-electron chi connectivity index (χ3n) is 6.02. The van der Waals surface area contributed by atoms with Gasteiger partial charge in [-0.3, -0.25) is 0 Å². The fourth-order valence-electron chi connectivity index (χ4n) is 4.20. The third kappa shape index (κ3) is 5.66. The lowest BCUT2D eigenvalue weighted by atomic mass is 10.1. The van der Waals surface area contributed by atoms with Gasteiger partial charge in [-0.2, -0.15) is 0 Å². The van der Waals surface area contributed by atoms with E-state index in [0.29, 0.717) is 19.7 Å². The number of carbonyl (C=O) groups excluding carboxylic acids is 1. The van der Waals surface area contributed by atoms with Crippen molar-refractivity contribution in [3.05, 3.63) is 52.6 Å². The molecule has 2 aromatic carbocycles. The zero-order chi connectivity index (χ0) is 24.7. The van der Waals surface area contributed by atoms with Crippen LogP contribution < -0.4 is 24.5 Å². The molecule has 1 aromatic heterocycles. The number of rotatable bonds is 8. The first-order valence-corrected chi connectivity index (χ1v) is 13.1. The summed E-state index contributed by atoms with van der Waals surface area (Å²) in [5.41, 5.74) is 4.14. The summed E-state index contributed by atoms with van der Waals surface area (Å²) in [5.74, 6) is 1.50. The fraction of sp³-hybridized carbons (Fsp3) is 0.385. The topological polar surface area (TPSA) is 86.5 Å². The van der Waals surface area contributed by atoms with Gasteiger partial charge in [0, 0.05) is 42.8 Å². The number of aromatic nitrogens is 1.